The zero-order valence-corrected chi connectivity index (χ0v) is 7.33. The van der Waals surface area contributed by atoms with Crippen LogP contribution in [0.3, 0.4) is 0 Å². The summed E-state index contributed by atoms with van der Waals surface area (Å²) in [6, 6.07) is 10.6. The average molecular weight is 159 g/mol. The van der Waals surface area contributed by atoms with Gasteiger partial charge < -0.3 is 0 Å². The molecule has 0 radical (unpaired) electrons. The highest BCUT2D eigenvalue weighted by Crippen LogP contribution is 2.46. The predicted octanol–water partition coefficient (Wildman–Crippen LogP) is 2.42. The highest BCUT2D eigenvalue weighted by Gasteiger charge is 2.42. The average Bonchev–Trinajstić information content (AvgIpc) is 2.88. The van der Waals surface area contributed by atoms with E-state index in [1.807, 2.05) is 7.05 Å². The highest BCUT2D eigenvalue weighted by atomic mass is 14.7. The van der Waals surface area contributed by atoms with Crippen molar-refractivity contribution in [2.24, 2.45) is 4.99 Å². The van der Waals surface area contributed by atoms with E-state index in [0.29, 0.717) is 5.41 Å². The topological polar surface area (TPSA) is 12.4 Å². The van der Waals surface area contributed by atoms with Gasteiger partial charge in [0.1, 0.15) is 0 Å². The van der Waals surface area contributed by atoms with Crippen LogP contribution >= 0.6 is 0 Å². The maximum Gasteiger partial charge on any atom is 0.0302 e. The molecular weight excluding hydrogens is 146 g/mol. The van der Waals surface area contributed by atoms with Crippen molar-refractivity contribution in [1.82, 2.24) is 0 Å². The standard InChI is InChI=1S/C11H13N/c1-12-9-11(7-8-11)10-5-3-2-4-6-10/h2-6,9H,7-8H2,1H3. The van der Waals surface area contributed by atoms with Gasteiger partial charge in [0.2, 0.25) is 0 Å². The van der Waals surface area contributed by atoms with Gasteiger partial charge in [-0.2, -0.15) is 0 Å². The van der Waals surface area contributed by atoms with E-state index in [1.54, 1.807) is 0 Å². The zero-order chi connectivity index (χ0) is 8.44. The summed E-state index contributed by atoms with van der Waals surface area (Å²) < 4.78 is 0. The van der Waals surface area contributed by atoms with Gasteiger partial charge in [-0.25, -0.2) is 0 Å². The van der Waals surface area contributed by atoms with E-state index in [4.69, 9.17) is 0 Å². The molecule has 0 heterocycles. The molecular formula is C11H13N. The normalized spacial score (nSPS) is 19.8. The first kappa shape index (κ1) is 7.53. The molecule has 2 rings (SSSR count). The summed E-state index contributed by atoms with van der Waals surface area (Å²) in [6.07, 6.45) is 4.60. The van der Waals surface area contributed by atoms with Gasteiger partial charge in [-0.3, -0.25) is 4.99 Å². The molecule has 62 valence electrons. The van der Waals surface area contributed by atoms with Crippen LogP contribution in [0.1, 0.15) is 18.4 Å². The minimum Gasteiger partial charge on any atom is -0.300 e. The first-order chi connectivity index (χ1) is 5.87. The van der Waals surface area contributed by atoms with Gasteiger partial charge in [0.05, 0.1) is 0 Å². The number of aliphatic imine (C=N–C) groups is 1. The van der Waals surface area contributed by atoms with Crippen molar-refractivity contribution in [1.29, 1.82) is 0 Å². The third kappa shape index (κ3) is 1.15. The molecule has 0 unspecified atom stereocenters. The van der Waals surface area contributed by atoms with Crippen LogP contribution in [0.2, 0.25) is 0 Å². The summed E-state index contributed by atoms with van der Waals surface area (Å²) in [5, 5.41) is 0. The smallest absolute Gasteiger partial charge is 0.0302 e. The van der Waals surface area contributed by atoms with E-state index in [-0.39, 0.29) is 0 Å². The Labute approximate surface area is 73.1 Å². The van der Waals surface area contributed by atoms with E-state index in [9.17, 15) is 0 Å². The lowest BCUT2D eigenvalue weighted by Crippen LogP contribution is -2.07. The Bertz CT molecular complexity index is 283. The molecule has 0 N–H and O–H groups in total. The lowest BCUT2D eigenvalue weighted by molar-refractivity contribution is 0.969. The van der Waals surface area contributed by atoms with Crippen LogP contribution in [0.25, 0.3) is 0 Å². The Morgan fingerprint density at radius 3 is 2.42 bits per heavy atom. The number of hydrogen-bond acceptors (Lipinski definition) is 1. The van der Waals surface area contributed by atoms with Crippen LogP contribution in [-0.2, 0) is 5.41 Å². The van der Waals surface area contributed by atoms with Gasteiger partial charge in [-0.1, -0.05) is 30.3 Å². The largest absolute Gasteiger partial charge is 0.300 e. The summed E-state index contributed by atoms with van der Waals surface area (Å²) in [7, 11) is 1.85. The molecule has 0 bridgehead atoms. The summed E-state index contributed by atoms with van der Waals surface area (Å²) in [6.45, 7) is 0. The van der Waals surface area contributed by atoms with Crippen LogP contribution in [0.15, 0.2) is 35.3 Å². The number of rotatable bonds is 2. The Hall–Kier alpha value is -1.11. The molecule has 0 atom stereocenters. The van der Waals surface area contributed by atoms with E-state index >= 15 is 0 Å². The first-order valence-corrected chi connectivity index (χ1v) is 4.36. The maximum atomic E-state index is 4.12. The summed E-state index contributed by atoms with van der Waals surface area (Å²) >= 11 is 0. The van der Waals surface area contributed by atoms with Crippen LogP contribution in [0.5, 0.6) is 0 Å². The van der Waals surface area contributed by atoms with Crippen molar-refractivity contribution in [2.45, 2.75) is 18.3 Å². The lowest BCUT2D eigenvalue weighted by atomic mass is 9.98. The molecule has 1 heteroatoms. The molecule has 0 aromatic heterocycles. The number of benzene rings is 1. The lowest BCUT2D eigenvalue weighted by Gasteiger charge is -2.07. The Balaban J connectivity index is 2.31. The molecule has 12 heavy (non-hydrogen) atoms. The Kier molecular flexibility index (Phi) is 1.72. The minimum atomic E-state index is 0.302. The van der Waals surface area contributed by atoms with Crippen LogP contribution in [0, 0.1) is 0 Å². The molecule has 1 fully saturated rings. The monoisotopic (exact) mass is 159 g/mol. The number of nitrogens with zero attached hydrogens (tertiary/aromatic N) is 1. The van der Waals surface area contributed by atoms with E-state index in [2.05, 4.69) is 41.5 Å². The quantitative estimate of drug-likeness (QED) is 0.588. The van der Waals surface area contributed by atoms with E-state index in [1.165, 1.54) is 18.4 Å². The van der Waals surface area contributed by atoms with Crippen molar-refractivity contribution in [3.8, 4) is 0 Å². The third-order valence-electron chi connectivity index (χ3n) is 2.51. The van der Waals surface area contributed by atoms with Crippen LogP contribution < -0.4 is 0 Å². The second kappa shape index (κ2) is 2.74. The van der Waals surface area contributed by atoms with E-state index in [0.717, 1.165) is 0 Å². The van der Waals surface area contributed by atoms with Gasteiger partial charge in [-0.15, -0.1) is 0 Å². The summed E-state index contributed by atoms with van der Waals surface area (Å²) in [4.78, 5) is 4.12. The minimum absolute atomic E-state index is 0.302. The van der Waals surface area contributed by atoms with E-state index < -0.39 is 0 Å². The van der Waals surface area contributed by atoms with Gasteiger partial charge in [0.25, 0.3) is 0 Å². The third-order valence-corrected chi connectivity index (χ3v) is 2.51. The molecule has 1 aliphatic carbocycles. The molecule has 0 spiro atoms. The van der Waals surface area contributed by atoms with Crippen molar-refractivity contribution in [2.75, 3.05) is 7.05 Å². The zero-order valence-electron chi connectivity index (χ0n) is 7.33. The molecule has 1 saturated carbocycles. The molecule has 0 saturated heterocycles. The molecule has 0 aliphatic heterocycles. The molecule has 1 aliphatic rings. The fourth-order valence-corrected chi connectivity index (χ4v) is 1.64. The second-order valence-electron chi connectivity index (χ2n) is 3.41. The van der Waals surface area contributed by atoms with Crippen LogP contribution in [0.4, 0.5) is 0 Å². The maximum absolute atomic E-state index is 4.12. The highest BCUT2D eigenvalue weighted by molar-refractivity contribution is 5.77. The van der Waals surface area contributed by atoms with Gasteiger partial charge >= 0.3 is 0 Å². The van der Waals surface area contributed by atoms with Gasteiger partial charge in [0.15, 0.2) is 0 Å². The summed E-state index contributed by atoms with van der Waals surface area (Å²) in [5.74, 6) is 0. The van der Waals surface area contributed by atoms with Crippen molar-refractivity contribution >= 4 is 6.21 Å². The molecule has 1 nitrogen and oxygen atoms in total. The summed E-state index contributed by atoms with van der Waals surface area (Å²) in [5.41, 5.74) is 1.71. The van der Waals surface area contributed by atoms with Gasteiger partial charge in [0, 0.05) is 18.7 Å². The van der Waals surface area contributed by atoms with Gasteiger partial charge in [-0.05, 0) is 18.4 Å². The first-order valence-electron chi connectivity index (χ1n) is 4.36. The number of hydrogen-bond donors (Lipinski definition) is 0. The van der Waals surface area contributed by atoms with Crippen molar-refractivity contribution in [3.63, 3.8) is 0 Å². The SMILES string of the molecule is CN=CC1(c2ccccc2)CC1. The molecule has 1 aromatic rings. The molecule has 0 amide bonds. The second-order valence-corrected chi connectivity index (χ2v) is 3.41. The van der Waals surface area contributed by atoms with Crippen LogP contribution in [-0.4, -0.2) is 13.3 Å². The molecule has 1 aromatic carbocycles. The Morgan fingerprint density at radius 2 is 1.92 bits per heavy atom. The van der Waals surface area contributed by atoms with Crippen molar-refractivity contribution < 1.29 is 0 Å². The van der Waals surface area contributed by atoms with Crippen molar-refractivity contribution in [3.05, 3.63) is 35.9 Å². The fourth-order valence-electron chi connectivity index (χ4n) is 1.64. The fraction of sp³-hybridized carbons (Fsp3) is 0.364. The Morgan fingerprint density at radius 1 is 1.25 bits per heavy atom. The predicted molar refractivity (Wildman–Crippen MR) is 51.8 cm³/mol.